The number of nitrogens with one attached hydrogen (secondary N) is 2. The molecule has 0 bridgehead atoms. The lowest BCUT2D eigenvalue weighted by atomic mass is 9.97. The van der Waals surface area contributed by atoms with Crippen LogP contribution in [0.1, 0.15) is 39.5 Å². The van der Waals surface area contributed by atoms with Crippen molar-refractivity contribution in [3.63, 3.8) is 0 Å². The molecule has 35 heavy (non-hydrogen) atoms. The number of carboxylic acid groups (broad SMARTS) is 4. The van der Waals surface area contributed by atoms with Crippen LogP contribution in [0.25, 0.3) is 0 Å². The first kappa shape index (κ1) is 34.1. The van der Waals surface area contributed by atoms with Crippen LogP contribution < -0.4 is 21.5 Å². The number of hydrogen-bond donors (Lipinski definition) is 7. The maximum absolute atomic E-state index is 12.5. The summed E-state index contributed by atoms with van der Waals surface area (Å²) in [6, 6.07) is -3.38. The fourth-order valence-corrected chi connectivity index (χ4v) is 2.48. The Balaban J connectivity index is 0. The molecule has 0 aliphatic rings. The van der Waals surface area contributed by atoms with E-state index in [0.717, 1.165) is 0 Å². The van der Waals surface area contributed by atoms with Crippen molar-refractivity contribution in [3.8, 4) is 0 Å². The lowest BCUT2D eigenvalue weighted by molar-refractivity contribution is -0.417. The number of alkyl halides is 3. The molecule has 0 saturated heterocycles. The van der Waals surface area contributed by atoms with E-state index < -0.39 is 71.7 Å². The number of carbonyl (C=O) groups is 6. The fraction of sp³-hybridized carbons (Fsp3) is 0.667. The van der Waals surface area contributed by atoms with Gasteiger partial charge in [0.25, 0.3) is 0 Å². The summed E-state index contributed by atoms with van der Waals surface area (Å²) in [6.07, 6.45) is -5.62. The van der Waals surface area contributed by atoms with Crippen LogP contribution in [0.2, 0.25) is 0 Å². The van der Waals surface area contributed by atoms with E-state index in [1.807, 2.05) is 0 Å². The number of hydrogen-bond acceptors (Lipinski definition) is 8. The first-order valence-corrected chi connectivity index (χ1v) is 10.4. The molecule has 0 spiro atoms. The lowest BCUT2D eigenvalue weighted by Crippen LogP contribution is -2.68. The monoisotopic (exact) mass is 535 g/mol. The number of rotatable bonds is 13. The van der Waals surface area contributed by atoms with Gasteiger partial charge in [0.15, 0.2) is 0 Å². The van der Waals surface area contributed by atoms with Gasteiger partial charge in [0.1, 0.15) is 29.3 Å². The van der Waals surface area contributed by atoms with Gasteiger partial charge >= 0.3 is 24.1 Å². The number of carboxylic acids is 4. The van der Waals surface area contributed by atoms with E-state index >= 15 is 0 Å². The van der Waals surface area contributed by atoms with Gasteiger partial charge in [-0.15, -0.1) is 0 Å². The zero-order chi connectivity index (χ0) is 28.1. The molecule has 0 aromatic carbocycles. The van der Waals surface area contributed by atoms with E-state index in [-0.39, 0.29) is 18.8 Å². The molecule has 0 unspecified atom stereocenters. The normalized spacial score (nSPS) is 15.2. The zero-order valence-corrected chi connectivity index (χ0v) is 19.6. The van der Waals surface area contributed by atoms with Gasteiger partial charge in [0.05, 0.1) is 12.8 Å². The molecule has 5 atom stereocenters. The first-order chi connectivity index (χ1) is 15.8. The van der Waals surface area contributed by atoms with E-state index in [0.29, 0.717) is 6.42 Å². The molecule has 8 N–H and O–H groups in total. The van der Waals surface area contributed by atoms with Gasteiger partial charge in [-0.25, -0.2) is 4.79 Å². The molecule has 0 heterocycles. The Morgan fingerprint density at radius 2 is 1.49 bits per heavy atom. The molecule has 0 saturated carbocycles. The van der Waals surface area contributed by atoms with Crippen LogP contribution >= 0.6 is 12.6 Å². The minimum Gasteiger partial charge on any atom is -0.542 e. The second-order valence-corrected chi connectivity index (χ2v) is 7.85. The molecule has 0 radical (unpaired) electrons. The van der Waals surface area contributed by atoms with Crippen LogP contribution in [0, 0.1) is 5.92 Å². The second-order valence-electron chi connectivity index (χ2n) is 7.29. The summed E-state index contributed by atoms with van der Waals surface area (Å²) >= 11 is 4.14. The standard InChI is InChI=1S/C16H27N3O8S.C2HF3O2/c1-3-7(2)12(14(24)18-9(16(26)27)6-11(22)23)19-15(25)13(28)8(17)4-5-10(20)21;3-2(4,5)1(6)7/h7-9,12-13,28H,3-6,17H2,1-2H3,(H,18,24)(H,19,25)(H,20,21)(H,22,23)(H,26,27);(H,6,7)/t7-,8+,9-,12-,13-;/m0./s1. The van der Waals surface area contributed by atoms with E-state index in [1.165, 1.54) is 0 Å². The van der Waals surface area contributed by atoms with Crippen molar-refractivity contribution in [2.75, 3.05) is 0 Å². The molecule has 0 aliphatic heterocycles. The van der Waals surface area contributed by atoms with Crippen LogP contribution in [0.4, 0.5) is 13.2 Å². The Morgan fingerprint density at radius 1 is 1.00 bits per heavy atom. The van der Waals surface area contributed by atoms with Crippen LogP contribution in [0.15, 0.2) is 0 Å². The molecule has 0 rings (SSSR count). The highest BCUT2D eigenvalue weighted by molar-refractivity contribution is 7.81. The summed E-state index contributed by atoms with van der Waals surface area (Å²) in [7, 11) is 0. The smallest absolute Gasteiger partial charge is 0.430 e. The van der Waals surface area contributed by atoms with Gasteiger partial charge < -0.3 is 41.6 Å². The molecule has 2 amide bonds. The van der Waals surface area contributed by atoms with Gasteiger partial charge in [-0.2, -0.15) is 25.8 Å². The highest BCUT2D eigenvalue weighted by Gasteiger charge is 2.34. The molecule has 0 aromatic rings. The second kappa shape index (κ2) is 15.8. The van der Waals surface area contributed by atoms with Crippen molar-refractivity contribution < 1.29 is 68.1 Å². The summed E-state index contributed by atoms with van der Waals surface area (Å²) < 4.78 is 31.5. The number of amides is 2. The molecule has 17 heteroatoms. The molecule has 202 valence electrons. The predicted molar refractivity (Wildman–Crippen MR) is 111 cm³/mol. The third-order valence-electron chi connectivity index (χ3n) is 4.46. The quantitative estimate of drug-likeness (QED) is 0.124. The number of thiol groups is 1. The van der Waals surface area contributed by atoms with Gasteiger partial charge in [0.2, 0.25) is 11.8 Å². The van der Waals surface area contributed by atoms with Crippen LogP contribution in [0.3, 0.4) is 0 Å². The minimum absolute atomic E-state index is 0.108. The van der Waals surface area contributed by atoms with Crippen molar-refractivity contribution in [2.24, 2.45) is 5.92 Å². The summed E-state index contributed by atoms with van der Waals surface area (Å²) in [5.41, 5.74) is 3.71. The van der Waals surface area contributed by atoms with Crippen molar-refractivity contribution in [3.05, 3.63) is 0 Å². The molecule has 0 fully saturated rings. The van der Waals surface area contributed by atoms with Gasteiger partial charge in [-0.05, 0) is 5.92 Å². The topological polar surface area (TPSA) is 238 Å². The average Bonchev–Trinajstić information content (AvgIpc) is 2.73. The molecular weight excluding hydrogens is 507 g/mol. The Bertz CT molecular complexity index is 781. The minimum atomic E-state index is -5.19. The molecule has 13 nitrogen and oxygen atoms in total. The zero-order valence-electron chi connectivity index (χ0n) is 18.7. The number of quaternary nitrogens is 1. The number of carbonyl (C=O) groups excluding carboxylic acids is 3. The maximum atomic E-state index is 12.5. The van der Waals surface area contributed by atoms with Gasteiger partial charge in [0, 0.05) is 6.42 Å². The largest absolute Gasteiger partial charge is 0.542 e. The van der Waals surface area contributed by atoms with Crippen molar-refractivity contribution in [1.82, 2.24) is 10.6 Å². The van der Waals surface area contributed by atoms with Crippen LogP contribution in [0.5, 0.6) is 0 Å². The Hall–Kier alpha value is -3.08. The highest BCUT2D eigenvalue weighted by Crippen LogP contribution is 2.12. The highest BCUT2D eigenvalue weighted by atomic mass is 32.1. The fourth-order valence-electron chi connectivity index (χ4n) is 2.26. The van der Waals surface area contributed by atoms with Gasteiger partial charge in [-0.3, -0.25) is 19.2 Å². The van der Waals surface area contributed by atoms with Gasteiger partial charge in [-0.1, -0.05) is 20.3 Å². The van der Waals surface area contributed by atoms with Crippen LogP contribution in [-0.2, 0) is 28.8 Å². The van der Waals surface area contributed by atoms with Crippen LogP contribution in [-0.4, -0.2) is 80.6 Å². The Morgan fingerprint density at radius 3 is 1.83 bits per heavy atom. The van der Waals surface area contributed by atoms with Crippen molar-refractivity contribution in [1.29, 1.82) is 0 Å². The van der Waals surface area contributed by atoms with E-state index in [1.54, 1.807) is 13.8 Å². The molecule has 0 aromatic heterocycles. The van der Waals surface area contributed by atoms with E-state index in [4.69, 9.17) is 25.2 Å². The summed E-state index contributed by atoms with van der Waals surface area (Å²) in [5, 5.41) is 38.9. The third-order valence-corrected chi connectivity index (χ3v) is 5.12. The summed E-state index contributed by atoms with van der Waals surface area (Å²) in [5.74, 6) is -8.82. The number of halogens is 3. The first-order valence-electron chi connectivity index (χ1n) is 9.91. The summed E-state index contributed by atoms with van der Waals surface area (Å²) in [6.45, 7) is 3.43. The van der Waals surface area contributed by atoms with Crippen molar-refractivity contribution >= 4 is 48.3 Å². The van der Waals surface area contributed by atoms with E-state index in [2.05, 4.69) is 29.0 Å². The SMILES string of the molecule is CC[C@H](C)[C@H](NC(=O)[C@@H](S)[C@H]([NH3+])CCC(=O)O)C(=O)N[C@@H](CC(=O)O)C(=O)O.O=C([O-])C(F)(F)F. The number of aliphatic carboxylic acids is 4. The Labute approximate surface area is 202 Å². The summed E-state index contributed by atoms with van der Waals surface area (Å²) in [4.78, 5) is 66.2. The molecule has 0 aliphatic carbocycles. The third kappa shape index (κ3) is 14.7. The van der Waals surface area contributed by atoms with Crippen molar-refractivity contribution in [2.45, 2.75) is 69.1 Å². The molecular formula is C18H28F3N3O10S. The average molecular weight is 535 g/mol. The van der Waals surface area contributed by atoms with E-state index in [9.17, 15) is 37.1 Å². The Kier molecular flexibility index (Phi) is 15.3. The predicted octanol–water partition coefficient (Wildman–Crippen LogP) is -2.37. The lowest BCUT2D eigenvalue weighted by Gasteiger charge is -2.26. The maximum Gasteiger partial charge on any atom is 0.430 e.